The van der Waals surface area contributed by atoms with Gasteiger partial charge in [0.2, 0.25) is 0 Å². The van der Waals surface area contributed by atoms with Crippen molar-refractivity contribution >= 4 is 5.69 Å². The standard InChI is InChI=1S/C17H17N3O/c1-20-12-11-15(19-20)13-18-14-7-9-17(10-8-14)21-16-5-3-2-4-6-16/h2-12,18H,13H2,1H3. The van der Waals surface area contributed by atoms with Gasteiger partial charge in [-0.3, -0.25) is 4.68 Å². The zero-order chi connectivity index (χ0) is 14.5. The van der Waals surface area contributed by atoms with E-state index in [1.165, 1.54) is 0 Å². The van der Waals surface area contributed by atoms with Crippen molar-refractivity contribution in [1.29, 1.82) is 0 Å². The average molecular weight is 279 g/mol. The monoisotopic (exact) mass is 279 g/mol. The summed E-state index contributed by atoms with van der Waals surface area (Å²) in [5, 5.41) is 7.66. The van der Waals surface area contributed by atoms with Crippen LogP contribution in [0.25, 0.3) is 0 Å². The lowest BCUT2D eigenvalue weighted by Crippen LogP contribution is -2.00. The number of rotatable bonds is 5. The summed E-state index contributed by atoms with van der Waals surface area (Å²) in [5.41, 5.74) is 2.06. The molecular weight excluding hydrogens is 262 g/mol. The molecule has 4 heteroatoms. The van der Waals surface area contributed by atoms with E-state index in [1.54, 1.807) is 4.68 Å². The summed E-state index contributed by atoms with van der Waals surface area (Å²) in [5.74, 6) is 1.66. The molecular formula is C17H17N3O. The Kier molecular flexibility index (Phi) is 3.87. The molecule has 2 aromatic carbocycles. The van der Waals surface area contributed by atoms with E-state index in [9.17, 15) is 0 Å². The molecule has 0 saturated heterocycles. The number of aromatic nitrogens is 2. The summed E-state index contributed by atoms with van der Waals surface area (Å²) in [6.45, 7) is 0.708. The number of aryl methyl sites for hydroxylation is 1. The van der Waals surface area contributed by atoms with Crippen LogP contribution < -0.4 is 10.1 Å². The van der Waals surface area contributed by atoms with E-state index in [1.807, 2.05) is 73.9 Å². The lowest BCUT2D eigenvalue weighted by Gasteiger charge is -2.08. The van der Waals surface area contributed by atoms with Gasteiger partial charge in [0, 0.05) is 18.9 Å². The molecule has 0 saturated carbocycles. The van der Waals surface area contributed by atoms with Crippen LogP contribution >= 0.6 is 0 Å². The van der Waals surface area contributed by atoms with Crippen molar-refractivity contribution in [2.24, 2.45) is 7.05 Å². The van der Waals surface area contributed by atoms with Crippen LogP contribution in [0, 0.1) is 0 Å². The van der Waals surface area contributed by atoms with Gasteiger partial charge in [-0.2, -0.15) is 5.10 Å². The zero-order valence-corrected chi connectivity index (χ0v) is 11.9. The molecule has 0 unspecified atom stereocenters. The van der Waals surface area contributed by atoms with E-state index in [4.69, 9.17) is 4.74 Å². The highest BCUT2D eigenvalue weighted by molar-refractivity contribution is 5.47. The van der Waals surface area contributed by atoms with Gasteiger partial charge in [-0.25, -0.2) is 0 Å². The Bertz CT molecular complexity index is 690. The first-order valence-electron chi connectivity index (χ1n) is 6.85. The molecule has 1 heterocycles. The molecule has 1 N–H and O–H groups in total. The van der Waals surface area contributed by atoms with Crippen LogP contribution in [0.3, 0.4) is 0 Å². The second-order valence-corrected chi connectivity index (χ2v) is 4.77. The maximum atomic E-state index is 5.76. The third-order valence-electron chi connectivity index (χ3n) is 3.08. The van der Waals surface area contributed by atoms with Crippen LogP contribution in [0.2, 0.25) is 0 Å². The highest BCUT2D eigenvalue weighted by Gasteiger charge is 1.99. The fraction of sp³-hybridized carbons (Fsp3) is 0.118. The molecule has 0 bridgehead atoms. The Morgan fingerprint density at radius 2 is 1.67 bits per heavy atom. The minimum Gasteiger partial charge on any atom is -0.457 e. The molecule has 1 aromatic heterocycles. The third-order valence-corrected chi connectivity index (χ3v) is 3.08. The normalized spacial score (nSPS) is 10.3. The molecule has 0 atom stereocenters. The van der Waals surface area contributed by atoms with E-state index < -0.39 is 0 Å². The number of nitrogens with zero attached hydrogens (tertiary/aromatic N) is 2. The highest BCUT2D eigenvalue weighted by atomic mass is 16.5. The van der Waals surface area contributed by atoms with E-state index in [0.717, 1.165) is 22.9 Å². The lowest BCUT2D eigenvalue weighted by atomic mass is 10.3. The van der Waals surface area contributed by atoms with Crippen molar-refractivity contribution in [2.75, 3.05) is 5.32 Å². The summed E-state index contributed by atoms with van der Waals surface area (Å²) in [6.07, 6.45) is 1.94. The molecule has 0 aliphatic rings. The first-order chi connectivity index (χ1) is 10.3. The Morgan fingerprint density at radius 1 is 0.952 bits per heavy atom. The number of ether oxygens (including phenoxy) is 1. The quantitative estimate of drug-likeness (QED) is 0.771. The summed E-state index contributed by atoms with van der Waals surface area (Å²) >= 11 is 0. The molecule has 21 heavy (non-hydrogen) atoms. The van der Waals surface area contributed by atoms with Gasteiger partial charge in [0.1, 0.15) is 11.5 Å². The van der Waals surface area contributed by atoms with E-state index in [2.05, 4.69) is 10.4 Å². The molecule has 0 spiro atoms. The van der Waals surface area contributed by atoms with Gasteiger partial charge in [0.05, 0.1) is 12.2 Å². The van der Waals surface area contributed by atoms with Crippen molar-refractivity contribution in [2.45, 2.75) is 6.54 Å². The zero-order valence-electron chi connectivity index (χ0n) is 11.9. The fourth-order valence-corrected chi connectivity index (χ4v) is 2.02. The van der Waals surface area contributed by atoms with Crippen molar-refractivity contribution in [3.8, 4) is 11.5 Å². The lowest BCUT2D eigenvalue weighted by molar-refractivity contribution is 0.483. The topological polar surface area (TPSA) is 39.1 Å². The van der Waals surface area contributed by atoms with Gasteiger partial charge in [-0.1, -0.05) is 18.2 Å². The fourth-order valence-electron chi connectivity index (χ4n) is 2.02. The van der Waals surface area contributed by atoms with E-state index >= 15 is 0 Å². The summed E-state index contributed by atoms with van der Waals surface area (Å²) in [4.78, 5) is 0. The van der Waals surface area contributed by atoms with Gasteiger partial charge in [-0.05, 0) is 42.5 Å². The molecule has 0 aliphatic carbocycles. The Labute approximate surface area is 124 Å². The van der Waals surface area contributed by atoms with Crippen LogP contribution in [0.5, 0.6) is 11.5 Å². The van der Waals surface area contributed by atoms with E-state index in [0.29, 0.717) is 6.54 Å². The predicted octanol–water partition coefficient (Wildman–Crippen LogP) is 3.82. The Balaban J connectivity index is 1.59. The summed E-state index contributed by atoms with van der Waals surface area (Å²) < 4.78 is 7.56. The maximum Gasteiger partial charge on any atom is 0.127 e. The predicted molar refractivity (Wildman–Crippen MR) is 83.5 cm³/mol. The van der Waals surface area contributed by atoms with Crippen LogP contribution in [-0.2, 0) is 13.6 Å². The van der Waals surface area contributed by atoms with Gasteiger partial charge in [0.15, 0.2) is 0 Å². The number of benzene rings is 2. The SMILES string of the molecule is Cn1ccc(CNc2ccc(Oc3ccccc3)cc2)n1. The van der Waals surface area contributed by atoms with Gasteiger partial charge < -0.3 is 10.1 Å². The molecule has 3 rings (SSSR count). The molecule has 0 aliphatic heterocycles. The maximum absolute atomic E-state index is 5.76. The molecule has 0 amide bonds. The first-order valence-corrected chi connectivity index (χ1v) is 6.85. The minimum absolute atomic E-state index is 0.708. The van der Waals surface area contributed by atoms with Crippen LogP contribution in [0.1, 0.15) is 5.69 Å². The molecule has 4 nitrogen and oxygen atoms in total. The highest BCUT2D eigenvalue weighted by Crippen LogP contribution is 2.22. The number of anilines is 1. The van der Waals surface area contributed by atoms with Gasteiger partial charge >= 0.3 is 0 Å². The third kappa shape index (κ3) is 3.63. The number of hydrogen-bond donors (Lipinski definition) is 1. The summed E-state index contributed by atoms with van der Waals surface area (Å²) in [7, 11) is 1.92. The minimum atomic E-state index is 0.708. The van der Waals surface area contributed by atoms with E-state index in [-0.39, 0.29) is 0 Å². The van der Waals surface area contributed by atoms with Crippen LogP contribution in [-0.4, -0.2) is 9.78 Å². The molecule has 3 aromatic rings. The van der Waals surface area contributed by atoms with Crippen molar-refractivity contribution in [3.05, 3.63) is 72.6 Å². The van der Waals surface area contributed by atoms with Gasteiger partial charge in [0.25, 0.3) is 0 Å². The largest absolute Gasteiger partial charge is 0.457 e. The van der Waals surface area contributed by atoms with Crippen LogP contribution in [0.4, 0.5) is 5.69 Å². The first kappa shape index (κ1) is 13.2. The number of nitrogens with one attached hydrogen (secondary N) is 1. The average Bonchev–Trinajstić information content (AvgIpc) is 2.93. The Hall–Kier alpha value is -2.75. The van der Waals surface area contributed by atoms with Crippen LogP contribution in [0.15, 0.2) is 66.9 Å². The number of hydrogen-bond acceptors (Lipinski definition) is 3. The van der Waals surface area contributed by atoms with Gasteiger partial charge in [-0.15, -0.1) is 0 Å². The number of para-hydroxylation sites is 1. The van der Waals surface area contributed by atoms with Crippen molar-refractivity contribution < 1.29 is 4.74 Å². The molecule has 0 fully saturated rings. The second kappa shape index (κ2) is 6.13. The van der Waals surface area contributed by atoms with Crippen molar-refractivity contribution in [3.63, 3.8) is 0 Å². The Morgan fingerprint density at radius 3 is 2.33 bits per heavy atom. The smallest absolute Gasteiger partial charge is 0.127 e. The molecule has 0 radical (unpaired) electrons. The van der Waals surface area contributed by atoms with Crippen molar-refractivity contribution in [1.82, 2.24) is 9.78 Å². The molecule has 106 valence electrons. The second-order valence-electron chi connectivity index (χ2n) is 4.77. The summed E-state index contributed by atoms with van der Waals surface area (Å²) in [6, 6.07) is 19.7.